The van der Waals surface area contributed by atoms with Gasteiger partial charge in [-0.15, -0.1) is 0 Å². The summed E-state index contributed by atoms with van der Waals surface area (Å²) in [5.41, 5.74) is 2.92. The number of halogens is 3. The minimum Gasteiger partial charge on any atom is -0.489 e. The molecule has 9 heteroatoms. The van der Waals surface area contributed by atoms with E-state index in [9.17, 15) is 18.4 Å². The van der Waals surface area contributed by atoms with Crippen molar-refractivity contribution in [2.24, 2.45) is 5.10 Å². The van der Waals surface area contributed by atoms with Gasteiger partial charge in [-0.1, -0.05) is 46.3 Å². The van der Waals surface area contributed by atoms with Crippen molar-refractivity contribution in [3.63, 3.8) is 0 Å². The molecule has 0 aliphatic heterocycles. The number of carbonyl (C=O) groups excluding carboxylic acids is 2. The maximum atomic E-state index is 13.7. The number of hydrazone groups is 1. The second-order valence-corrected chi connectivity index (χ2v) is 7.15. The van der Waals surface area contributed by atoms with Crippen LogP contribution in [0.1, 0.15) is 11.1 Å². The zero-order valence-corrected chi connectivity index (χ0v) is 17.5. The highest BCUT2D eigenvalue weighted by atomic mass is 79.9. The molecule has 0 heterocycles. The summed E-state index contributed by atoms with van der Waals surface area (Å²) in [5, 5.41) is 5.87. The highest BCUT2D eigenvalue weighted by Crippen LogP contribution is 2.19. The number of hydrogen-bond acceptors (Lipinski definition) is 4. The Morgan fingerprint density at radius 2 is 1.77 bits per heavy atom. The molecule has 158 valence electrons. The molecule has 31 heavy (non-hydrogen) atoms. The average Bonchev–Trinajstić information content (AvgIpc) is 2.75. The molecular weight excluding hydrogens is 472 g/mol. The van der Waals surface area contributed by atoms with Gasteiger partial charge in [-0.05, 0) is 42.0 Å². The SMILES string of the molecule is O=C(N/N=C/c1cccc(OCc2ccccc2F)c1)C(=O)Nc1ccc(Br)cc1F. The van der Waals surface area contributed by atoms with Gasteiger partial charge in [0.05, 0.1) is 11.9 Å². The summed E-state index contributed by atoms with van der Waals surface area (Å²) < 4.78 is 33.5. The van der Waals surface area contributed by atoms with Crippen LogP contribution in [0, 0.1) is 11.6 Å². The lowest BCUT2D eigenvalue weighted by atomic mass is 10.2. The lowest BCUT2D eigenvalue weighted by Gasteiger charge is -2.07. The maximum absolute atomic E-state index is 13.7. The van der Waals surface area contributed by atoms with Crippen LogP contribution in [0.15, 0.2) is 76.3 Å². The number of benzene rings is 3. The summed E-state index contributed by atoms with van der Waals surface area (Å²) in [6, 6.07) is 17.0. The summed E-state index contributed by atoms with van der Waals surface area (Å²) in [6.45, 7) is 0.0524. The Labute approximate surface area is 185 Å². The zero-order valence-electron chi connectivity index (χ0n) is 15.9. The van der Waals surface area contributed by atoms with Gasteiger partial charge in [0, 0.05) is 10.0 Å². The fourth-order valence-electron chi connectivity index (χ4n) is 2.45. The molecule has 2 N–H and O–H groups in total. The van der Waals surface area contributed by atoms with Crippen molar-refractivity contribution in [1.82, 2.24) is 5.43 Å². The Morgan fingerprint density at radius 1 is 0.968 bits per heavy atom. The standard InChI is InChI=1S/C22H16BrF2N3O3/c23-16-8-9-20(19(25)11-16)27-21(29)22(30)28-26-12-14-4-3-6-17(10-14)31-13-15-5-1-2-7-18(15)24/h1-12H,13H2,(H,27,29)(H,28,30)/b26-12+. The van der Waals surface area contributed by atoms with E-state index in [1.54, 1.807) is 42.5 Å². The number of nitrogens with one attached hydrogen (secondary N) is 2. The number of nitrogens with zero attached hydrogens (tertiary/aromatic N) is 1. The van der Waals surface area contributed by atoms with Gasteiger partial charge in [0.25, 0.3) is 0 Å². The largest absolute Gasteiger partial charge is 0.489 e. The van der Waals surface area contributed by atoms with E-state index in [1.807, 2.05) is 0 Å². The van der Waals surface area contributed by atoms with Crippen molar-refractivity contribution in [3.8, 4) is 5.75 Å². The Balaban J connectivity index is 1.54. The molecule has 0 saturated heterocycles. The van der Waals surface area contributed by atoms with Crippen LogP contribution < -0.4 is 15.5 Å². The average molecular weight is 488 g/mol. The third-order valence-electron chi connectivity index (χ3n) is 3.98. The normalized spacial score (nSPS) is 10.7. The van der Waals surface area contributed by atoms with E-state index >= 15 is 0 Å². The van der Waals surface area contributed by atoms with Crippen LogP contribution in [0.25, 0.3) is 0 Å². The predicted molar refractivity (Wildman–Crippen MR) is 116 cm³/mol. The third-order valence-corrected chi connectivity index (χ3v) is 4.47. The molecule has 2 amide bonds. The molecule has 0 aromatic heterocycles. The molecule has 0 unspecified atom stereocenters. The number of anilines is 1. The van der Waals surface area contributed by atoms with Gasteiger partial charge < -0.3 is 10.1 Å². The first-order chi connectivity index (χ1) is 14.9. The first-order valence-corrected chi connectivity index (χ1v) is 9.77. The van der Waals surface area contributed by atoms with Crippen LogP contribution in [0.3, 0.4) is 0 Å². The van der Waals surface area contributed by atoms with E-state index < -0.39 is 17.6 Å². The van der Waals surface area contributed by atoms with Crippen molar-refractivity contribution in [3.05, 3.63) is 94.0 Å². The number of carbonyl (C=O) groups is 2. The fourth-order valence-corrected chi connectivity index (χ4v) is 2.78. The van der Waals surface area contributed by atoms with Crippen molar-refractivity contribution in [1.29, 1.82) is 0 Å². The van der Waals surface area contributed by atoms with E-state index in [0.717, 1.165) is 6.07 Å². The van der Waals surface area contributed by atoms with Crippen LogP contribution >= 0.6 is 15.9 Å². The third kappa shape index (κ3) is 6.45. The van der Waals surface area contributed by atoms with E-state index in [-0.39, 0.29) is 18.1 Å². The van der Waals surface area contributed by atoms with E-state index in [1.165, 1.54) is 24.4 Å². The first-order valence-electron chi connectivity index (χ1n) is 8.98. The quantitative estimate of drug-likeness (QED) is 0.307. The molecule has 3 aromatic carbocycles. The van der Waals surface area contributed by atoms with Gasteiger partial charge in [0.2, 0.25) is 0 Å². The van der Waals surface area contributed by atoms with Crippen LogP contribution in [0.5, 0.6) is 5.75 Å². The Hall–Kier alpha value is -3.59. The van der Waals surface area contributed by atoms with Crippen LogP contribution in [-0.4, -0.2) is 18.0 Å². The van der Waals surface area contributed by atoms with Gasteiger partial charge in [-0.2, -0.15) is 5.10 Å². The van der Waals surface area contributed by atoms with E-state index in [0.29, 0.717) is 21.3 Å². The molecule has 3 aromatic rings. The minimum atomic E-state index is -1.07. The van der Waals surface area contributed by atoms with Gasteiger partial charge in [-0.3, -0.25) is 9.59 Å². The van der Waals surface area contributed by atoms with Crippen LogP contribution in [0.2, 0.25) is 0 Å². The van der Waals surface area contributed by atoms with Crippen molar-refractivity contribution in [2.75, 3.05) is 5.32 Å². The lowest BCUT2D eigenvalue weighted by Crippen LogP contribution is -2.32. The Bertz CT molecular complexity index is 1140. The molecular formula is C22H16BrF2N3O3. The summed E-state index contributed by atoms with van der Waals surface area (Å²) >= 11 is 3.10. The number of rotatable bonds is 6. The molecule has 3 rings (SSSR count). The molecule has 6 nitrogen and oxygen atoms in total. The van der Waals surface area contributed by atoms with Crippen molar-refractivity contribution < 1.29 is 23.1 Å². The highest BCUT2D eigenvalue weighted by Gasteiger charge is 2.15. The van der Waals surface area contributed by atoms with Crippen LogP contribution in [0.4, 0.5) is 14.5 Å². The van der Waals surface area contributed by atoms with E-state index in [4.69, 9.17) is 4.74 Å². The molecule has 0 saturated carbocycles. The summed E-state index contributed by atoms with van der Waals surface area (Å²) in [7, 11) is 0. The summed E-state index contributed by atoms with van der Waals surface area (Å²) in [6.07, 6.45) is 1.31. The highest BCUT2D eigenvalue weighted by molar-refractivity contribution is 9.10. The Morgan fingerprint density at radius 3 is 2.55 bits per heavy atom. The van der Waals surface area contributed by atoms with Gasteiger partial charge in [-0.25, -0.2) is 14.2 Å². The lowest BCUT2D eigenvalue weighted by molar-refractivity contribution is -0.136. The maximum Gasteiger partial charge on any atom is 0.329 e. The summed E-state index contributed by atoms with van der Waals surface area (Å²) in [5.74, 6) is -2.71. The molecule has 0 fully saturated rings. The molecule has 0 atom stereocenters. The molecule has 0 spiro atoms. The van der Waals surface area contributed by atoms with Gasteiger partial charge >= 0.3 is 11.8 Å². The first kappa shape index (κ1) is 22.1. The summed E-state index contributed by atoms with van der Waals surface area (Å²) in [4.78, 5) is 23.7. The Kier molecular flexibility index (Phi) is 7.45. The number of hydrogen-bond donors (Lipinski definition) is 2. The second kappa shape index (κ2) is 10.4. The van der Waals surface area contributed by atoms with Crippen molar-refractivity contribution >= 4 is 39.6 Å². The molecule has 0 bridgehead atoms. The monoisotopic (exact) mass is 487 g/mol. The fraction of sp³-hybridized carbons (Fsp3) is 0.0455. The van der Waals surface area contributed by atoms with Crippen molar-refractivity contribution in [2.45, 2.75) is 6.61 Å². The minimum absolute atomic E-state index is 0.0524. The van der Waals surface area contributed by atoms with Crippen LogP contribution in [-0.2, 0) is 16.2 Å². The number of amides is 2. The van der Waals surface area contributed by atoms with E-state index in [2.05, 4.69) is 31.8 Å². The van der Waals surface area contributed by atoms with Gasteiger partial charge in [0.1, 0.15) is 24.0 Å². The predicted octanol–water partition coefficient (Wildman–Crippen LogP) is 4.40. The molecule has 0 radical (unpaired) electrons. The molecule has 0 aliphatic carbocycles. The zero-order chi connectivity index (χ0) is 22.2. The topological polar surface area (TPSA) is 79.8 Å². The second-order valence-electron chi connectivity index (χ2n) is 6.23. The smallest absolute Gasteiger partial charge is 0.329 e. The van der Waals surface area contributed by atoms with Gasteiger partial charge in [0.15, 0.2) is 0 Å². The molecule has 0 aliphatic rings. The number of ether oxygens (including phenoxy) is 1.